The average molecular weight is 208 g/mol. The molecule has 0 fully saturated rings. The van der Waals surface area contributed by atoms with Crippen LogP contribution in [0.4, 0.5) is 0 Å². The highest BCUT2D eigenvalue weighted by molar-refractivity contribution is 6.01. The third-order valence-corrected chi connectivity index (χ3v) is 1.83. The standard InChI is InChI=1S/C10H8O5/c1-5(11)6-2-7(9(12)13)4-8(3-6)10(14)15/h2-4H,1H3,(H,12,13)(H,14,15). The lowest BCUT2D eigenvalue weighted by Crippen LogP contribution is -2.05. The summed E-state index contributed by atoms with van der Waals surface area (Å²) in [5.74, 6) is -2.90. The van der Waals surface area contributed by atoms with E-state index >= 15 is 0 Å². The Hall–Kier alpha value is -2.17. The van der Waals surface area contributed by atoms with Gasteiger partial charge >= 0.3 is 11.9 Å². The quantitative estimate of drug-likeness (QED) is 0.730. The van der Waals surface area contributed by atoms with E-state index in [1.807, 2.05) is 0 Å². The van der Waals surface area contributed by atoms with Crippen molar-refractivity contribution in [1.82, 2.24) is 0 Å². The SMILES string of the molecule is CC(=O)c1cc(C(=O)O)cc(C(=O)O)c1. The van der Waals surface area contributed by atoms with Gasteiger partial charge in [-0.1, -0.05) is 0 Å². The Morgan fingerprint density at radius 2 is 1.20 bits per heavy atom. The summed E-state index contributed by atoms with van der Waals surface area (Å²) < 4.78 is 0. The Morgan fingerprint density at radius 3 is 1.47 bits per heavy atom. The number of carbonyl (C=O) groups excluding carboxylic acids is 1. The molecule has 1 aromatic rings. The van der Waals surface area contributed by atoms with E-state index in [4.69, 9.17) is 10.2 Å². The van der Waals surface area contributed by atoms with Crippen LogP contribution in [-0.4, -0.2) is 27.9 Å². The molecule has 0 aromatic heterocycles. The van der Waals surface area contributed by atoms with Crippen LogP contribution in [0, 0.1) is 0 Å². The third kappa shape index (κ3) is 2.40. The number of rotatable bonds is 3. The van der Waals surface area contributed by atoms with Gasteiger partial charge in [0.25, 0.3) is 0 Å². The highest BCUT2D eigenvalue weighted by atomic mass is 16.4. The maximum Gasteiger partial charge on any atom is 0.335 e. The van der Waals surface area contributed by atoms with Crippen LogP contribution in [0.2, 0.25) is 0 Å². The van der Waals surface area contributed by atoms with Gasteiger partial charge in [-0.2, -0.15) is 0 Å². The monoisotopic (exact) mass is 208 g/mol. The molecule has 5 heteroatoms. The summed E-state index contributed by atoms with van der Waals surface area (Å²) >= 11 is 0. The van der Waals surface area contributed by atoms with Gasteiger partial charge in [0.2, 0.25) is 0 Å². The number of ketones is 1. The minimum atomic E-state index is -1.26. The summed E-state index contributed by atoms with van der Waals surface area (Å²) in [4.78, 5) is 32.3. The first-order valence-electron chi connectivity index (χ1n) is 4.04. The molecule has 0 saturated carbocycles. The van der Waals surface area contributed by atoms with Crippen molar-refractivity contribution in [1.29, 1.82) is 0 Å². The summed E-state index contributed by atoms with van der Waals surface area (Å²) in [6, 6.07) is 3.31. The molecule has 0 atom stereocenters. The van der Waals surface area contributed by atoms with Crippen molar-refractivity contribution < 1.29 is 24.6 Å². The lowest BCUT2D eigenvalue weighted by atomic mass is 10.0. The van der Waals surface area contributed by atoms with E-state index in [-0.39, 0.29) is 22.5 Å². The molecule has 0 unspecified atom stereocenters. The van der Waals surface area contributed by atoms with Gasteiger partial charge < -0.3 is 10.2 Å². The van der Waals surface area contributed by atoms with Crippen molar-refractivity contribution in [2.75, 3.05) is 0 Å². The molecule has 0 aliphatic heterocycles. The molecule has 0 saturated heterocycles. The zero-order valence-electron chi connectivity index (χ0n) is 7.85. The number of carboxylic acid groups (broad SMARTS) is 2. The Morgan fingerprint density at radius 1 is 0.867 bits per heavy atom. The second-order valence-corrected chi connectivity index (χ2v) is 2.97. The molecular weight excluding hydrogens is 200 g/mol. The summed E-state index contributed by atoms with van der Waals surface area (Å²) in [5.41, 5.74) is -0.340. The molecule has 0 aliphatic carbocycles. The minimum absolute atomic E-state index is 0.0762. The minimum Gasteiger partial charge on any atom is -0.478 e. The van der Waals surface area contributed by atoms with E-state index in [1.165, 1.54) is 6.92 Å². The predicted octanol–water partition coefficient (Wildman–Crippen LogP) is 1.29. The van der Waals surface area contributed by atoms with E-state index < -0.39 is 11.9 Å². The van der Waals surface area contributed by atoms with Crippen LogP contribution in [0.25, 0.3) is 0 Å². The van der Waals surface area contributed by atoms with E-state index in [2.05, 4.69) is 0 Å². The molecule has 0 amide bonds. The number of Topliss-reactive ketones (excluding diaryl/α,β-unsaturated/α-hetero) is 1. The van der Waals surface area contributed by atoms with E-state index in [0.717, 1.165) is 18.2 Å². The summed E-state index contributed by atoms with van der Waals surface area (Å²) in [6.45, 7) is 1.24. The number of aromatic carboxylic acids is 2. The third-order valence-electron chi connectivity index (χ3n) is 1.83. The van der Waals surface area contributed by atoms with E-state index in [0.29, 0.717) is 0 Å². The normalized spacial score (nSPS) is 9.67. The number of hydrogen-bond acceptors (Lipinski definition) is 3. The highest BCUT2D eigenvalue weighted by Crippen LogP contribution is 2.11. The molecule has 0 spiro atoms. The molecule has 2 N–H and O–H groups in total. The van der Waals surface area contributed by atoms with Crippen molar-refractivity contribution in [3.8, 4) is 0 Å². The first kappa shape index (κ1) is 10.9. The van der Waals surface area contributed by atoms with Gasteiger partial charge in [0, 0.05) is 5.56 Å². The predicted molar refractivity (Wildman–Crippen MR) is 50.4 cm³/mol. The largest absolute Gasteiger partial charge is 0.478 e. The van der Waals surface area contributed by atoms with Gasteiger partial charge in [0.1, 0.15) is 0 Å². The number of carbonyl (C=O) groups is 3. The summed E-state index contributed by atoms with van der Waals surface area (Å²) in [6.07, 6.45) is 0. The lowest BCUT2D eigenvalue weighted by molar-refractivity contribution is 0.0696. The molecule has 15 heavy (non-hydrogen) atoms. The maximum absolute atomic E-state index is 11.0. The van der Waals surface area contributed by atoms with Crippen molar-refractivity contribution in [2.24, 2.45) is 0 Å². The van der Waals surface area contributed by atoms with Crippen molar-refractivity contribution in [2.45, 2.75) is 6.92 Å². The van der Waals surface area contributed by atoms with Gasteiger partial charge in [-0.25, -0.2) is 9.59 Å². The first-order valence-corrected chi connectivity index (χ1v) is 4.04. The lowest BCUT2D eigenvalue weighted by Gasteiger charge is -2.01. The van der Waals surface area contributed by atoms with Gasteiger partial charge in [-0.05, 0) is 25.1 Å². The zero-order chi connectivity index (χ0) is 11.6. The maximum atomic E-state index is 11.0. The Balaban J connectivity index is 3.39. The van der Waals surface area contributed by atoms with Crippen LogP contribution < -0.4 is 0 Å². The van der Waals surface area contributed by atoms with Gasteiger partial charge in [0.05, 0.1) is 11.1 Å². The Kier molecular flexibility index (Phi) is 2.85. The number of hydrogen-bond donors (Lipinski definition) is 2. The van der Waals surface area contributed by atoms with Gasteiger partial charge in [0.15, 0.2) is 5.78 Å². The molecule has 1 aromatic carbocycles. The molecule has 78 valence electrons. The smallest absolute Gasteiger partial charge is 0.335 e. The van der Waals surface area contributed by atoms with Crippen molar-refractivity contribution in [3.05, 3.63) is 34.9 Å². The van der Waals surface area contributed by atoms with Gasteiger partial charge in [-0.3, -0.25) is 4.79 Å². The van der Waals surface area contributed by atoms with E-state index in [9.17, 15) is 14.4 Å². The molecule has 0 heterocycles. The van der Waals surface area contributed by atoms with Crippen LogP contribution in [0.3, 0.4) is 0 Å². The second kappa shape index (κ2) is 3.91. The van der Waals surface area contributed by atoms with Crippen molar-refractivity contribution in [3.63, 3.8) is 0 Å². The summed E-state index contributed by atoms with van der Waals surface area (Å²) in [5, 5.41) is 17.4. The second-order valence-electron chi connectivity index (χ2n) is 2.97. The van der Waals surface area contributed by atoms with Crippen LogP contribution in [0.5, 0.6) is 0 Å². The molecule has 0 aliphatic rings. The summed E-state index contributed by atoms with van der Waals surface area (Å²) in [7, 11) is 0. The highest BCUT2D eigenvalue weighted by Gasteiger charge is 2.12. The molecule has 0 bridgehead atoms. The van der Waals surface area contributed by atoms with Crippen LogP contribution in [0.15, 0.2) is 18.2 Å². The first-order chi connectivity index (χ1) is 6.91. The van der Waals surface area contributed by atoms with Crippen LogP contribution >= 0.6 is 0 Å². The van der Waals surface area contributed by atoms with E-state index in [1.54, 1.807) is 0 Å². The fourth-order valence-corrected chi connectivity index (χ4v) is 1.08. The van der Waals surface area contributed by atoms with Crippen LogP contribution in [-0.2, 0) is 0 Å². The van der Waals surface area contributed by atoms with Crippen molar-refractivity contribution >= 4 is 17.7 Å². The zero-order valence-corrected chi connectivity index (χ0v) is 7.85. The Labute approximate surface area is 85.0 Å². The Bertz CT molecular complexity index is 368. The van der Waals surface area contributed by atoms with Crippen LogP contribution in [0.1, 0.15) is 38.0 Å². The number of benzene rings is 1. The number of carboxylic acids is 2. The molecular formula is C10H8O5. The fourth-order valence-electron chi connectivity index (χ4n) is 1.08. The average Bonchev–Trinajstić information content (AvgIpc) is 2.16. The molecule has 1 rings (SSSR count). The molecule has 0 radical (unpaired) electrons. The van der Waals surface area contributed by atoms with Gasteiger partial charge in [-0.15, -0.1) is 0 Å². The fraction of sp³-hybridized carbons (Fsp3) is 0.100. The molecule has 5 nitrogen and oxygen atoms in total. The topological polar surface area (TPSA) is 91.7 Å².